The van der Waals surface area contributed by atoms with Gasteiger partial charge in [0.2, 0.25) is 11.0 Å². The van der Waals surface area contributed by atoms with Crippen LogP contribution in [0.25, 0.3) is 0 Å². The maximum atomic E-state index is 12.9. The van der Waals surface area contributed by atoms with Gasteiger partial charge in [-0.1, -0.05) is 83.8 Å². The number of alkyl halides is 3. The van der Waals surface area contributed by atoms with E-state index in [1.54, 1.807) is 4.90 Å². The number of nitrogens with one attached hydrogen (secondary N) is 1. The molecule has 3 rings (SSSR count). The van der Waals surface area contributed by atoms with E-state index >= 15 is 0 Å². The Morgan fingerprint density at radius 1 is 1.00 bits per heavy atom. The third kappa shape index (κ3) is 8.22. The van der Waals surface area contributed by atoms with Crippen LogP contribution in [-0.2, 0) is 17.8 Å². The number of rotatable bonds is 10. The summed E-state index contributed by atoms with van der Waals surface area (Å²) >= 11 is 2.18. The monoisotopic (exact) mass is 466 g/mol. The first-order chi connectivity index (χ1) is 14.9. The molecule has 1 amide bonds. The summed E-state index contributed by atoms with van der Waals surface area (Å²) in [7, 11) is 0. The Morgan fingerprint density at radius 2 is 1.65 bits per heavy atom. The summed E-state index contributed by atoms with van der Waals surface area (Å²) in [4.78, 5) is 14.7. The van der Waals surface area contributed by atoms with Crippen LogP contribution in [0, 0.1) is 0 Å². The number of nitrogens with zero attached hydrogens (tertiary/aromatic N) is 3. The molecular weight excluding hydrogens is 445 g/mol. The average Bonchev–Trinajstić information content (AvgIpc) is 3.22. The topological polar surface area (TPSA) is 58.1 Å². The molecule has 0 radical (unpaired) electrons. The summed E-state index contributed by atoms with van der Waals surface area (Å²) in [6.45, 7) is -0.121. The van der Waals surface area contributed by atoms with Crippen molar-refractivity contribution in [3.05, 3.63) is 71.8 Å². The van der Waals surface area contributed by atoms with Crippen LogP contribution in [-0.4, -0.2) is 46.0 Å². The fourth-order valence-corrected chi connectivity index (χ4v) is 4.39. The van der Waals surface area contributed by atoms with Crippen molar-refractivity contribution in [1.82, 2.24) is 15.1 Å². The molecule has 10 heteroatoms. The molecule has 0 aliphatic heterocycles. The van der Waals surface area contributed by atoms with E-state index in [0.29, 0.717) is 17.4 Å². The number of hydrogen-bond donors (Lipinski definition) is 1. The number of carbonyl (C=O) groups excluding carboxylic acids is 1. The van der Waals surface area contributed by atoms with Crippen LogP contribution in [0.5, 0.6) is 0 Å². The molecule has 0 unspecified atom stereocenters. The molecular formula is C21H21F3N4OS2. The Kier molecular flexibility index (Phi) is 8.30. The van der Waals surface area contributed by atoms with Gasteiger partial charge in [-0.25, -0.2) is 0 Å². The van der Waals surface area contributed by atoms with Crippen LogP contribution in [0.2, 0.25) is 0 Å². The summed E-state index contributed by atoms with van der Waals surface area (Å²) in [6.07, 6.45) is -3.60. The fraction of sp³-hybridized carbons (Fsp3) is 0.286. The quantitative estimate of drug-likeness (QED) is 0.432. The Balaban J connectivity index is 1.58. The Labute approximate surface area is 186 Å². The number of aromatic nitrogens is 2. The maximum Gasteiger partial charge on any atom is 0.405 e. The molecule has 0 atom stereocenters. The molecule has 5 nitrogen and oxygen atoms in total. The molecule has 0 saturated carbocycles. The predicted octanol–water partition coefficient (Wildman–Crippen LogP) is 4.88. The van der Waals surface area contributed by atoms with Crippen molar-refractivity contribution in [2.45, 2.75) is 23.5 Å². The minimum atomic E-state index is -4.33. The van der Waals surface area contributed by atoms with Crippen LogP contribution in [0.3, 0.4) is 0 Å². The van der Waals surface area contributed by atoms with E-state index in [2.05, 4.69) is 15.5 Å². The van der Waals surface area contributed by atoms with E-state index in [-0.39, 0.29) is 16.8 Å². The number of amides is 1. The minimum Gasteiger partial charge on any atom is -0.351 e. The van der Waals surface area contributed by atoms with Gasteiger partial charge in [0.1, 0.15) is 6.54 Å². The van der Waals surface area contributed by atoms with Crippen molar-refractivity contribution in [2.24, 2.45) is 0 Å². The largest absolute Gasteiger partial charge is 0.405 e. The molecule has 0 bridgehead atoms. The first-order valence-corrected chi connectivity index (χ1v) is 11.3. The van der Waals surface area contributed by atoms with Gasteiger partial charge in [-0.3, -0.25) is 4.79 Å². The van der Waals surface area contributed by atoms with Crippen LogP contribution in [0.15, 0.2) is 65.0 Å². The molecule has 0 aliphatic carbocycles. The van der Waals surface area contributed by atoms with Crippen molar-refractivity contribution in [1.29, 1.82) is 0 Å². The number of hydrogen-bond acceptors (Lipinski definition) is 6. The number of carbonyl (C=O) groups is 1. The molecule has 0 saturated heterocycles. The highest BCUT2D eigenvalue weighted by atomic mass is 32.2. The normalized spacial score (nSPS) is 11.3. The number of benzene rings is 2. The standard InChI is InChI=1S/C21H21F3N4OS2/c22-21(23,24)15-25-19-26-27-20(31-19)30-14-18(29)28(13-17-9-5-2-6-10-17)12-11-16-7-3-1-4-8-16/h1-10H,11-15H2,(H,25,26). The predicted molar refractivity (Wildman–Crippen MR) is 117 cm³/mol. The van der Waals surface area contributed by atoms with Crippen LogP contribution < -0.4 is 5.32 Å². The molecule has 31 heavy (non-hydrogen) atoms. The molecule has 0 spiro atoms. The zero-order valence-corrected chi connectivity index (χ0v) is 18.1. The van der Waals surface area contributed by atoms with E-state index < -0.39 is 12.7 Å². The minimum absolute atomic E-state index is 0.0650. The van der Waals surface area contributed by atoms with Crippen molar-refractivity contribution >= 4 is 34.1 Å². The first kappa shape index (κ1) is 23.1. The SMILES string of the molecule is O=C(CSc1nnc(NCC(F)(F)F)s1)N(CCc1ccccc1)Cc1ccccc1. The van der Waals surface area contributed by atoms with Gasteiger partial charge in [-0.2, -0.15) is 13.2 Å². The average molecular weight is 467 g/mol. The van der Waals surface area contributed by atoms with Crippen molar-refractivity contribution in [3.63, 3.8) is 0 Å². The molecule has 2 aromatic carbocycles. The molecule has 0 aliphatic rings. The lowest BCUT2D eigenvalue weighted by molar-refractivity contribution is -0.129. The van der Waals surface area contributed by atoms with Gasteiger partial charge < -0.3 is 10.2 Å². The van der Waals surface area contributed by atoms with Gasteiger partial charge in [0.05, 0.1) is 5.75 Å². The number of thioether (sulfide) groups is 1. The molecule has 1 N–H and O–H groups in total. The smallest absolute Gasteiger partial charge is 0.351 e. The third-order valence-corrected chi connectivity index (χ3v) is 6.25. The van der Waals surface area contributed by atoms with Gasteiger partial charge in [-0.05, 0) is 17.5 Å². The molecule has 0 fully saturated rings. The second kappa shape index (κ2) is 11.1. The number of anilines is 1. The number of halogens is 3. The van der Waals surface area contributed by atoms with Gasteiger partial charge >= 0.3 is 6.18 Å². The highest BCUT2D eigenvalue weighted by Gasteiger charge is 2.27. The lowest BCUT2D eigenvalue weighted by Crippen LogP contribution is -2.33. The summed E-state index contributed by atoms with van der Waals surface area (Å²) in [5.41, 5.74) is 2.17. The van der Waals surface area contributed by atoms with E-state index in [1.165, 1.54) is 11.8 Å². The van der Waals surface area contributed by atoms with Crippen LogP contribution >= 0.6 is 23.1 Å². The highest BCUT2D eigenvalue weighted by molar-refractivity contribution is 8.01. The highest BCUT2D eigenvalue weighted by Crippen LogP contribution is 2.27. The van der Waals surface area contributed by atoms with Gasteiger partial charge in [-0.15, -0.1) is 10.2 Å². The van der Waals surface area contributed by atoms with Crippen molar-refractivity contribution < 1.29 is 18.0 Å². The van der Waals surface area contributed by atoms with Crippen molar-refractivity contribution in [2.75, 3.05) is 24.2 Å². The summed E-state index contributed by atoms with van der Waals surface area (Å²) < 4.78 is 37.4. The maximum absolute atomic E-state index is 12.9. The molecule has 164 valence electrons. The lowest BCUT2D eigenvalue weighted by atomic mass is 10.1. The summed E-state index contributed by atoms with van der Waals surface area (Å²) in [6, 6.07) is 19.7. The van der Waals surface area contributed by atoms with E-state index in [0.717, 1.165) is 28.9 Å². The first-order valence-electron chi connectivity index (χ1n) is 9.51. The second-order valence-corrected chi connectivity index (χ2v) is 8.87. The molecule has 1 heterocycles. The van der Waals surface area contributed by atoms with Crippen LogP contribution in [0.1, 0.15) is 11.1 Å². The van der Waals surface area contributed by atoms with Crippen molar-refractivity contribution in [3.8, 4) is 0 Å². The van der Waals surface area contributed by atoms with Gasteiger partial charge in [0, 0.05) is 13.1 Å². The Bertz CT molecular complexity index is 952. The molecule has 3 aromatic rings. The van der Waals surface area contributed by atoms with E-state index in [9.17, 15) is 18.0 Å². The van der Waals surface area contributed by atoms with Gasteiger partial charge in [0.25, 0.3) is 0 Å². The lowest BCUT2D eigenvalue weighted by Gasteiger charge is -2.23. The Hall–Kier alpha value is -2.59. The van der Waals surface area contributed by atoms with E-state index in [4.69, 9.17) is 0 Å². The molecule has 1 aromatic heterocycles. The Morgan fingerprint density at radius 3 is 2.29 bits per heavy atom. The second-order valence-electron chi connectivity index (χ2n) is 6.67. The van der Waals surface area contributed by atoms with Gasteiger partial charge in [0.15, 0.2) is 4.34 Å². The zero-order valence-electron chi connectivity index (χ0n) is 16.5. The zero-order chi connectivity index (χ0) is 22.1. The summed E-state index contributed by atoms with van der Waals surface area (Å²) in [5, 5.41) is 9.83. The fourth-order valence-electron chi connectivity index (χ4n) is 2.73. The van der Waals surface area contributed by atoms with Crippen LogP contribution in [0.4, 0.5) is 18.3 Å². The summed E-state index contributed by atoms with van der Waals surface area (Å²) in [5.74, 6) is 0.0694. The third-order valence-electron chi connectivity index (χ3n) is 4.25. The van der Waals surface area contributed by atoms with E-state index in [1.807, 2.05) is 60.7 Å².